The van der Waals surface area contributed by atoms with Gasteiger partial charge in [0.2, 0.25) is 0 Å². The lowest BCUT2D eigenvalue weighted by molar-refractivity contribution is 0.0526. The van der Waals surface area contributed by atoms with Crippen LogP contribution >= 0.6 is 11.6 Å². The number of benzene rings is 1. The van der Waals surface area contributed by atoms with Gasteiger partial charge >= 0.3 is 0 Å². The van der Waals surface area contributed by atoms with Crippen molar-refractivity contribution in [3.05, 3.63) is 53.2 Å². The zero-order chi connectivity index (χ0) is 17.6. The van der Waals surface area contributed by atoms with Crippen molar-refractivity contribution in [1.82, 2.24) is 9.88 Å². The van der Waals surface area contributed by atoms with E-state index < -0.39 is 0 Å². The molecule has 1 amide bonds. The van der Waals surface area contributed by atoms with Crippen molar-refractivity contribution in [1.29, 1.82) is 0 Å². The summed E-state index contributed by atoms with van der Waals surface area (Å²) in [6, 6.07) is 11.3. The predicted octanol–water partition coefficient (Wildman–Crippen LogP) is 4.43. The molecule has 1 aromatic carbocycles. The number of hydrogen-bond donors (Lipinski definition) is 0. The first-order valence-electron chi connectivity index (χ1n) is 8.80. The fourth-order valence-corrected chi connectivity index (χ4v) is 3.20. The third-order valence-electron chi connectivity index (χ3n) is 4.38. The summed E-state index contributed by atoms with van der Waals surface area (Å²) < 4.78 is 5.69. The lowest BCUT2D eigenvalue weighted by Gasteiger charge is -2.25. The molecule has 3 rings (SSSR count). The minimum absolute atomic E-state index is 0.0629. The molecule has 132 valence electrons. The first-order valence-corrected chi connectivity index (χ1v) is 9.18. The second-order valence-electron chi connectivity index (χ2n) is 6.33. The number of rotatable bonds is 6. The summed E-state index contributed by atoms with van der Waals surface area (Å²) in [6.07, 6.45) is 4.86. The smallest absolute Gasteiger partial charge is 0.253 e. The summed E-state index contributed by atoms with van der Waals surface area (Å²) in [4.78, 5) is 19.1. The van der Waals surface area contributed by atoms with Crippen molar-refractivity contribution in [2.45, 2.75) is 32.3 Å². The van der Waals surface area contributed by atoms with E-state index in [2.05, 4.69) is 11.9 Å². The fraction of sp³-hybridized carbons (Fsp3) is 0.400. The highest BCUT2D eigenvalue weighted by Gasteiger charge is 2.22. The first kappa shape index (κ1) is 17.9. The minimum atomic E-state index is 0.0629. The highest BCUT2D eigenvalue weighted by molar-refractivity contribution is 6.30. The lowest BCUT2D eigenvalue weighted by Crippen LogP contribution is -2.37. The van der Waals surface area contributed by atoms with Crippen molar-refractivity contribution in [3.8, 4) is 11.3 Å². The first-order chi connectivity index (χ1) is 12.2. The Hall–Kier alpha value is -1.91. The molecule has 2 aromatic rings. The summed E-state index contributed by atoms with van der Waals surface area (Å²) in [5, 5.41) is 0.611. The Kier molecular flexibility index (Phi) is 6.05. The van der Waals surface area contributed by atoms with E-state index in [-0.39, 0.29) is 12.0 Å². The Balaban J connectivity index is 1.72. The Morgan fingerprint density at radius 3 is 2.68 bits per heavy atom. The Morgan fingerprint density at radius 1 is 1.28 bits per heavy atom. The second kappa shape index (κ2) is 8.45. The van der Waals surface area contributed by atoms with E-state index in [1.165, 1.54) is 0 Å². The van der Waals surface area contributed by atoms with Crippen molar-refractivity contribution in [2.75, 3.05) is 19.7 Å². The van der Waals surface area contributed by atoms with Crippen LogP contribution in [0.1, 0.15) is 36.5 Å². The molecule has 2 heterocycles. The molecule has 1 fully saturated rings. The summed E-state index contributed by atoms with van der Waals surface area (Å²) in [7, 11) is 0. The molecule has 1 aliphatic heterocycles. The molecule has 1 saturated heterocycles. The molecule has 0 spiro atoms. The van der Waals surface area contributed by atoms with Gasteiger partial charge in [-0.05, 0) is 43.5 Å². The van der Waals surface area contributed by atoms with Crippen molar-refractivity contribution in [2.24, 2.45) is 0 Å². The molecular formula is C20H23ClN2O2. The third-order valence-corrected chi connectivity index (χ3v) is 4.61. The van der Waals surface area contributed by atoms with E-state index >= 15 is 0 Å². The van der Waals surface area contributed by atoms with Gasteiger partial charge in [-0.1, -0.05) is 30.7 Å². The van der Waals surface area contributed by atoms with Crippen LogP contribution in [-0.2, 0) is 4.74 Å². The van der Waals surface area contributed by atoms with E-state index in [9.17, 15) is 4.79 Å². The van der Waals surface area contributed by atoms with Crippen LogP contribution in [-0.4, -0.2) is 41.6 Å². The quantitative estimate of drug-likeness (QED) is 0.767. The van der Waals surface area contributed by atoms with Gasteiger partial charge in [-0.3, -0.25) is 9.78 Å². The number of carbonyl (C=O) groups is 1. The van der Waals surface area contributed by atoms with Crippen LogP contribution in [0.3, 0.4) is 0 Å². The maximum atomic E-state index is 12.9. The molecule has 0 radical (unpaired) electrons. The zero-order valence-electron chi connectivity index (χ0n) is 14.5. The van der Waals surface area contributed by atoms with Gasteiger partial charge < -0.3 is 9.64 Å². The van der Waals surface area contributed by atoms with Gasteiger partial charge in [0.25, 0.3) is 5.91 Å². The molecule has 1 atom stereocenters. The number of halogens is 1. The molecule has 0 saturated carbocycles. The zero-order valence-corrected chi connectivity index (χ0v) is 15.2. The molecule has 0 bridgehead atoms. The minimum Gasteiger partial charge on any atom is -0.376 e. The van der Waals surface area contributed by atoms with Crippen LogP contribution in [0.2, 0.25) is 5.02 Å². The maximum absolute atomic E-state index is 12.9. The molecule has 25 heavy (non-hydrogen) atoms. The second-order valence-corrected chi connectivity index (χ2v) is 6.76. The van der Waals surface area contributed by atoms with E-state index in [1.807, 2.05) is 41.3 Å². The molecule has 0 unspecified atom stereocenters. The average Bonchev–Trinajstić information content (AvgIpc) is 3.15. The number of carbonyl (C=O) groups excluding carboxylic acids is 1. The summed E-state index contributed by atoms with van der Waals surface area (Å²) in [6.45, 7) is 4.32. The molecular weight excluding hydrogens is 336 g/mol. The number of aromatic nitrogens is 1. The third kappa shape index (κ3) is 4.59. The van der Waals surface area contributed by atoms with Gasteiger partial charge in [-0.25, -0.2) is 0 Å². The monoisotopic (exact) mass is 358 g/mol. The number of amides is 1. The van der Waals surface area contributed by atoms with Crippen molar-refractivity contribution in [3.63, 3.8) is 0 Å². The Morgan fingerprint density at radius 2 is 2.08 bits per heavy atom. The van der Waals surface area contributed by atoms with Gasteiger partial charge in [0.1, 0.15) is 0 Å². The summed E-state index contributed by atoms with van der Waals surface area (Å²) >= 11 is 5.88. The normalized spacial score (nSPS) is 16.8. The fourth-order valence-electron chi connectivity index (χ4n) is 3.09. The number of pyridine rings is 1. The van der Waals surface area contributed by atoms with Gasteiger partial charge in [0.05, 0.1) is 16.8 Å². The van der Waals surface area contributed by atoms with Crippen LogP contribution in [0, 0.1) is 0 Å². The van der Waals surface area contributed by atoms with Gasteiger partial charge in [-0.15, -0.1) is 0 Å². The SMILES string of the molecule is CCCN(C[C@@H]1CCCO1)C(=O)c1ccc(-c2ccc(Cl)cn2)cc1. The number of nitrogens with zero attached hydrogens (tertiary/aromatic N) is 2. The predicted molar refractivity (Wildman–Crippen MR) is 99.9 cm³/mol. The largest absolute Gasteiger partial charge is 0.376 e. The van der Waals surface area contributed by atoms with E-state index in [4.69, 9.17) is 16.3 Å². The molecule has 1 aromatic heterocycles. The molecule has 0 N–H and O–H groups in total. The Bertz CT molecular complexity index is 695. The van der Waals surface area contributed by atoms with Crippen LogP contribution in [0.5, 0.6) is 0 Å². The van der Waals surface area contributed by atoms with Crippen molar-refractivity contribution >= 4 is 17.5 Å². The topological polar surface area (TPSA) is 42.4 Å². The summed E-state index contributed by atoms with van der Waals surface area (Å²) in [5.74, 6) is 0.0629. The molecule has 0 aliphatic carbocycles. The Labute approximate surface area is 153 Å². The van der Waals surface area contributed by atoms with E-state index in [0.717, 1.165) is 43.7 Å². The number of ether oxygens (including phenoxy) is 1. The van der Waals surface area contributed by atoms with Crippen LogP contribution in [0.15, 0.2) is 42.6 Å². The van der Waals surface area contributed by atoms with Gasteiger partial charge in [0, 0.05) is 37.0 Å². The van der Waals surface area contributed by atoms with Crippen LogP contribution in [0.4, 0.5) is 0 Å². The van der Waals surface area contributed by atoms with Crippen LogP contribution in [0.25, 0.3) is 11.3 Å². The van der Waals surface area contributed by atoms with Crippen molar-refractivity contribution < 1.29 is 9.53 Å². The van der Waals surface area contributed by atoms with E-state index in [1.54, 1.807) is 6.20 Å². The average molecular weight is 359 g/mol. The number of hydrogen-bond acceptors (Lipinski definition) is 3. The highest BCUT2D eigenvalue weighted by Crippen LogP contribution is 2.20. The van der Waals surface area contributed by atoms with Gasteiger partial charge in [-0.2, -0.15) is 0 Å². The van der Waals surface area contributed by atoms with E-state index in [0.29, 0.717) is 17.1 Å². The molecule has 5 heteroatoms. The standard InChI is InChI=1S/C20H23ClN2O2/c1-2-11-23(14-18-4-3-12-25-18)20(24)16-7-5-15(6-8-16)19-10-9-17(21)13-22-19/h5-10,13,18H,2-4,11-12,14H2,1H3/t18-/m0/s1. The molecule has 4 nitrogen and oxygen atoms in total. The highest BCUT2D eigenvalue weighted by atomic mass is 35.5. The van der Waals surface area contributed by atoms with Gasteiger partial charge in [0.15, 0.2) is 0 Å². The molecule has 1 aliphatic rings. The van der Waals surface area contributed by atoms with Crippen LogP contribution < -0.4 is 0 Å². The summed E-state index contributed by atoms with van der Waals surface area (Å²) in [5.41, 5.74) is 2.51. The lowest BCUT2D eigenvalue weighted by atomic mass is 10.1. The maximum Gasteiger partial charge on any atom is 0.253 e.